The van der Waals surface area contributed by atoms with Gasteiger partial charge in [-0.25, -0.2) is 4.98 Å². The van der Waals surface area contributed by atoms with Crippen molar-refractivity contribution in [2.24, 2.45) is 5.73 Å². The van der Waals surface area contributed by atoms with E-state index in [2.05, 4.69) is 9.72 Å². The van der Waals surface area contributed by atoms with Gasteiger partial charge in [0.25, 0.3) is 5.91 Å². The van der Waals surface area contributed by atoms with Crippen LogP contribution >= 0.6 is 0 Å². The summed E-state index contributed by atoms with van der Waals surface area (Å²) in [5, 5.41) is 0. The number of ether oxygens (including phenoxy) is 1. The number of alkyl halides is 6. The van der Waals surface area contributed by atoms with Crippen LogP contribution in [-0.2, 0) is 6.18 Å². The van der Waals surface area contributed by atoms with Crippen LogP contribution in [0.25, 0.3) is 0 Å². The monoisotopic (exact) mass is 288 g/mol. The Hall–Kier alpha value is -2.00. The Kier molecular flexibility index (Phi) is 3.91. The van der Waals surface area contributed by atoms with E-state index in [0.29, 0.717) is 12.1 Å². The molecule has 2 N–H and O–H groups in total. The minimum absolute atomic E-state index is 0.417. The number of rotatable bonds is 3. The third-order valence-electron chi connectivity index (χ3n) is 1.79. The van der Waals surface area contributed by atoms with E-state index in [1.165, 1.54) is 0 Å². The van der Waals surface area contributed by atoms with Crippen LogP contribution in [0.15, 0.2) is 12.1 Å². The maximum absolute atomic E-state index is 12.3. The van der Waals surface area contributed by atoms with E-state index >= 15 is 0 Å². The second-order valence-electron chi connectivity index (χ2n) is 3.32. The van der Waals surface area contributed by atoms with Crippen molar-refractivity contribution in [2.75, 3.05) is 6.61 Å². The molecular weight excluding hydrogens is 282 g/mol. The van der Waals surface area contributed by atoms with Gasteiger partial charge in [0.05, 0.1) is 0 Å². The van der Waals surface area contributed by atoms with Crippen molar-refractivity contribution < 1.29 is 35.9 Å². The van der Waals surface area contributed by atoms with E-state index in [9.17, 15) is 31.1 Å². The molecule has 0 aromatic carbocycles. The van der Waals surface area contributed by atoms with Crippen LogP contribution in [0.4, 0.5) is 26.3 Å². The number of primary amides is 1. The molecule has 1 rings (SSSR count). The summed E-state index contributed by atoms with van der Waals surface area (Å²) >= 11 is 0. The van der Waals surface area contributed by atoms with Gasteiger partial charge in [0.1, 0.15) is 11.3 Å². The van der Waals surface area contributed by atoms with Gasteiger partial charge in [-0.1, -0.05) is 0 Å². The first-order valence-corrected chi connectivity index (χ1v) is 4.58. The number of halogens is 6. The van der Waals surface area contributed by atoms with E-state index < -0.39 is 42.0 Å². The van der Waals surface area contributed by atoms with Crippen LogP contribution in [0.5, 0.6) is 5.88 Å². The van der Waals surface area contributed by atoms with Gasteiger partial charge in [0.2, 0.25) is 5.88 Å². The summed E-state index contributed by atoms with van der Waals surface area (Å²) in [5.74, 6) is -2.36. The highest BCUT2D eigenvalue weighted by Crippen LogP contribution is 2.30. The number of hydrogen-bond acceptors (Lipinski definition) is 3. The molecule has 0 aliphatic rings. The molecule has 1 amide bonds. The van der Waals surface area contributed by atoms with Gasteiger partial charge in [0.15, 0.2) is 6.61 Å². The summed E-state index contributed by atoms with van der Waals surface area (Å²) in [5.41, 5.74) is 2.63. The van der Waals surface area contributed by atoms with Crippen LogP contribution in [0.1, 0.15) is 16.1 Å². The highest BCUT2D eigenvalue weighted by atomic mass is 19.4. The molecule has 0 saturated heterocycles. The van der Waals surface area contributed by atoms with Crippen molar-refractivity contribution in [3.8, 4) is 5.88 Å². The topological polar surface area (TPSA) is 65.2 Å². The maximum Gasteiger partial charge on any atom is 0.433 e. The number of nitrogens with two attached hydrogens (primary N) is 1. The SMILES string of the molecule is NC(=O)c1ccc(C(F)(F)F)nc1OCC(F)(F)F. The predicted octanol–water partition coefficient (Wildman–Crippen LogP) is 2.14. The second kappa shape index (κ2) is 4.94. The largest absolute Gasteiger partial charge is 0.467 e. The summed E-state index contributed by atoms with van der Waals surface area (Å²) in [7, 11) is 0. The van der Waals surface area contributed by atoms with Gasteiger partial charge in [-0.05, 0) is 12.1 Å². The Morgan fingerprint density at radius 2 is 1.79 bits per heavy atom. The standard InChI is InChI=1S/C9H6F6N2O2/c10-8(11,12)3-19-7-4(6(16)18)1-2-5(17-7)9(13,14)15/h1-2H,3H2,(H2,16,18). The molecule has 4 nitrogen and oxygen atoms in total. The Morgan fingerprint density at radius 1 is 1.21 bits per heavy atom. The lowest BCUT2D eigenvalue weighted by Gasteiger charge is -2.13. The third kappa shape index (κ3) is 4.30. The van der Waals surface area contributed by atoms with Crippen molar-refractivity contribution in [3.63, 3.8) is 0 Å². The fraction of sp³-hybridized carbons (Fsp3) is 0.333. The normalized spacial score (nSPS) is 12.3. The molecule has 0 bridgehead atoms. The number of carbonyl (C=O) groups excluding carboxylic acids is 1. The first kappa shape index (κ1) is 15.1. The average molecular weight is 288 g/mol. The smallest absolute Gasteiger partial charge is 0.433 e. The predicted molar refractivity (Wildman–Crippen MR) is 49.3 cm³/mol. The fourth-order valence-corrected chi connectivity index (χ4v) is 1.05. The summed E-state index contributed by atoms with van der Waals surface area (Å²) in [6.07, 6.45) is -9.67. The first-order valence-electron chi connectivity index (χ1n) is 4.58. The lowest BCUT2D eigenvalue weighted by atomic mass is 10.2. The van der Waals surface area contributed by atoms with Crippen molar-refractivity contribution in [3.05, 3.63) is 23.4 Å². The summed E-state index contributed by atoms with van der Waals surface area (Å²) in [6.45, 7) is -1.89. The fourth-order valence-electron chi connectivity index (χ4n) is 1.05. The highest BCUT2D eigenvalue weighted by Gasteiger charge is 2.35. The number of nitrogens with zero attached hydrogens (tertiary/aromatic N) is 1. The quantitative estimate of drug-likeness (QED) is 0.867. The number of hydrogen-bond donors (Lipinski definition) is 1. The highest BCUT2D eigenvalue weighted by molar-refractivity contribution is 5.95. The average Bonchev–Trinajstić information content (AvgIpc) is 2.23. The lowest BCUT2D eigenvalue weighted by Crippen LogP contribution is -2.23. The number of carbonyl (C=O) groups is 1. The molecular formula is C9H6F6N2O2. The molecule has 0 radical (unpaired) electrons. The number of aromatic nitrogens is 1. The van der Waals surface area contributed by atoms with Crippen molar-refractivity contribution in [1.29, 1.82) is 0 Å². The number of pyridine rings is 1. The lowest BCUT2D eigenvalue weighted by molar-refractivity contribution is -0.154. The van der Waals surface area contributed by atoms with Crippen LogP contribution in [-0.4, -0.2) is 23.7 Å². The summed E-state index contributed by atoms with van der Waals surface area (Å²) < 4.78 is 76.8. The molecule has 0 aliphatic heterocycles. The second-order valence-corrected chi connectivity index (χ2v) is 3.32. The molecule has 19 heavy (non-hydrogen) atoms. The molecule has 1 heterocycles. The van der Waals surface area contributed by atoms with Crippen molar-refractivity contribution >= 4 is 5.91 Å². The molecule has 0 unspecified atom stereocenters. The zero-order valence-corrected chi connectivity index (χ0v) is 8.97. The third-order valence-corrected chi connectivity index (χ3v) is 1.79. The van der Waals surface area contributed by atoms with Gasteiger partial charge in [-0.15, -0.1) is 0 Å². The minimum atomic E-state index is -4.88. The summed E-state index contributed by atoms with van der Waals surface area (Å²) in [4.78, 5) is 13.7. The number of amides is 1. The van der Waals surface area contributed by atoms with Crippen molar-refractivity contribution in [1.82, 2.24) is 4.98 Å². The van der Waals surface area contributed by atoms with Gasteiger partial charge in [0, 0.05) is 0 Å². The van der Waals surface area contributed by atoms with Crippen LogP contribution in [0, 0.1) is 0 Å². The van der Waals surface area contributed by atoms with Crippen LogP contribution in [0.3, 0.4) is 0 Å². The first-order chi connectivity index (χ1) is 8.50. The Balaban J connectivity index is 3.13. The minimum Gasteiger partial charge on any atom is -0.467 e. The van der Waals surface area contributed by atoms with E-state index in [4.69, 9.17) is 5.73 Å². The zero-order chi connectivity index (χ0) is 14.8. The van der Waals surface area contributed by atoms with E-state index in [0.717, 1.165) is 0 Å². The van der Waals surface area contributed by atoms with Gasteiger partial charge >= 0.3 is 12.4 Å². The van der Waals surface area contributed by atoms with E-state index in [-0.39, 0.29) is 0 Å². The molecule has 0 fully saturated rings. The Labute approximate surface area is 102 Å². The molecule has 106 valence electrons. The van der Waals surface area contributed by atoms with E-state index in [1.54, 1.807) is 0 Å². The van der Waals surface area contributed by atoms with Gasteiger partial charge in [-0.3, -0.25) is 4.79 Å². The van der Waals surface area contributed by atoms with E-state index in [1.807, 2.05) is 0 Å². The molecule has 0 aliphatic carbocycles. The molecule has 1 aromatic heterocycles. The molecule has 0 spiro atoms. The van der Waals surface area contributed by atoms with Gasteiger partial charge < -0.3 is 10.5 Å². The van der Waals surface area contributed by atoms with Gasteiger partial charge in [-0.2, -0.15) is 26.3 Å². The van der Waals surface area contributed by atoms with Crippen molar-refractivity contribution in [2.45, 2.75) is 12.4 Å². The maximum atomic E-state index is 12.3. The molecule has 1 aromatic rings. The molecule has 10 heteroatoms. The van der Waals surface area contributed by atoms with Crippen LogP contribution < -0.4 is 10.5 Å². The molecule has 0 atom stereocenters. The Bertz CT molecular complexity index is 483. The Morgan fingerprint density at radius 3 is 2.21 bits per heavy atom. The zero-order valence-electron chi connectivity index (χ0n) is 8.97. The summed E-state index contributed by atoms with van der Waals surface area (Å²) in [6, 6.07) is 1.02. The molecule has 0 saturated carbocycles. The van der Waals surface area contributed by atoms with Crippen LogP contribution in [0.2, 0.25) is 0 Å².